The van der Waals surface area contributed by atoms with Crippen molar-refractivity contribution in [3.63, 3.8) is 0 Å². The predicted molar refractivity (Wildman–Crippen MR) is 150 cm³/mol. The van der Waals surface area contributed by atoms with Crippen LogP contribution in [0.2, 0.25) is 0 Å². The number of likely N-dealkylation sites (tertiary alicyclic amines) is 1. The van der Waals surface area contributed by atoms with E-state index < -0.39 is 29.8 Å². The fraction of sp³-hybridized carbons (Fsp3) is 0.467. The van der Waals surface area contributed by atoms with Crippen LogP contribution in [-0.2, 0) is 0 Å². The number of likely N-dealkylation sites (N-methyl/N-ethyl adjacent to an activating group) is 1. The summed E-state index contributed by atoms with van der Waals surface area (Å²) in [5.41, 5.74) is -0.491. The van der Waals surface area contributed by atoms with Crippen LogP contribution in [0.3, 0.4) is 0 Å². The van der Waals surface area contributed by atoms with Crippen LogP contribution >= 0.6 is 0 Å². The van der Waals surface area contributed by atoms with Crippen molar-refractivity contribution in [3.8, 4) is 17.4 Å². The van der Waals surface area contributed by atoms with Crippen LogP contribution in [0.15, 0.2) is 35.3 Å². The van der Waals surface area contributed by atoms with Gasteiger partial charge in [-0.25, -0.2) is 8.78 Å². The lowest BCUT2D eigenvalue weighted by atomic mass is 9.93. The number of ether oxygens (including phenoxy) is 1. The van der Waals surface area contributed by atoms with Crippen molar-refractivity contribution in [2.24, 2.45) is 0 Å². The van der Waals surface area contributed by atoms with Gasteiger partial charge in [-0.3, -0.25) is 4.79 Å². The molecule has 2 atom stereocenters. The topological polar surface area (TPSA) is 93.4 Å². The van der Waals surface area contributed by atoms with Gasteiger partial charge in [0.2, 0.25) is 0 Å². The van der Waals surface area contributed by atoms with Crippen LogP contribution in [0.25, 0.3) is 27.4 Å². The summed E-state index contributed by atoms with van der Waals surface area (Å²) < 4.78 is 53.3. The second kappa shape index (κ2) is 11.8. The molecule has 1 N–H and O–H groups in total. The molecule has 0 spiro atoms. The maximum Gasteiger partial charge on any atom is 0.317 e. The molecule has 1 fully saturated rings. The molecule has 4 aromatic rings. The van der Waals surface area contributed by atoms with Crippen LogP contribution in [0.1, 0.15) is 73.1 Å². The van der Waals surface area contributed by atoms with Gasteiger partial charge in [0.15, 0.2) is 11.6 Å². The molecule has 0 amide bonds. The highest BCUT2D eigenvalue weighted by molar-refractivity contribution is 5.92. The Morgan fingerprint density at radius 2 is 2.05 bits per heavy atom. The quantitative estimate of drug-likeness (QED) is 0.246. The smallest absolute Gasteiger partial charge is 0.317 e. The maximum absolute atomic E-state index is 15.0. The van der Waals surface area contributed by atoms with Crippen LogP contribution in [0.4, 0.5) is 8.78 Å². The van der Waals surface area contributed by atoms with Gasteiger partial charge in [-0.05, 0) is 56.8 Å². The lowest BCUT2D eigenvalue weighted by Gasteiger charge is -2.21. The number of unbranched alkanes of at least 4 members (excludes halogenated alkanes) is 2. The number of aromatic nitrogens is 4. The summed E-state index contributed by atoms with van der Waals surface area (Å²) in [7, 11) is 1.83. The maximum atomic E-state index is 15.0. The molecule has 10 heteroatoms. The zero-order chi connectivity index (χ0) is 30.2. The molecule has 5 rings (SSSR count). The minimum Gasteiger partial charge on any atom is -0.508 e. The molecule has 0 radical (unpaired) electrons. The zero-order valence-corrected chi connectivity index (χ0v) is 23.0. The van der Waals surface area contributed by atoms with Crippen molar-refractivity contribution in [2.45, 2.75) is 70.8 Å². The minimum atomic E-state index is -2.13. The Bertz CT molecular complexity index is 1680. The van der Waals surface area contributed by atoms with Crippen molar-refractivity contribution in [1.82, 2.24) is 24.6 Å². The second-order valence-electron chi connectivity index (χ2n) is 10.4. The van der Waals surface area contributed by atoms with Crippen molar-refractivity contribution >= 4 is 21.7 Å². The zero-order valence-electron chi connectivity index (χ0n) is 25.0. The highest BCUT2D eigenvalue weighted by Crippen LogP contribution is 2.33. The number of hydrogen-bond donors (Lipinski definition) is 1. The summed E-state index contributed by atoms with van der Waals surface area (Å²) in [5, 5.41) is 15.0. The Labute approximate surface area is 234 Å². The standard InChI is InChI=1S/C30H35F2N5O3/c1-4-6-7-9-18(5-2)27-22-16-33-37(24-15-21(38)14-19-11-12-23(31)26(32)25(19)24)29(39)28(22)35-30(34-27)40-17-20-10-8-13-36(20)3/h11-12,14-16,18,20,38H,4-10,13,17H2,1-3H3/t18?,20-/m0/s1/i17D2. The van der Waals surface area contributed by atoms with Gasteiger partial charge in [0.25, 0.3) is 5.56 Å². The normalized spacial score (nSPS) is 17.8. The Morgan fingerprint density at radius 3 is 2.77 bits per heavy atom. The summed E-state index contributed by atoms with van der Waals surface area (Å²) in [5.74, 6) is -2.63. The fourth-order valence-electron chi connectivity index (χ4n) is 5.43. The lowest BCUT2D eigenvalue weighted by Crippen LogP contribution is -2.31. The molecule has 2 aromatic heterocycles. The number of nitrogens with zero attached hydrogens (tertiary/aromatic N) is 5. The van der Waals surface area contributed by atoms with E-state index in [0.29, 0.717) is 23.9 Å². The number of phenolic OH excluding ortho intramolecular Hbond substituents is 1. The first-order chi connectivity index (χ1) is 20.1. The van der Waals surface area contributed by atoms with Crippen molar-refractivity contribution in [2.75, 3.05) is 20.2 Å². The number of hydrogen-bond acceptors (Lipinski definition) is 7. The van der Waals surface area contributed by atoms with E-state index in [9.17, 15) is 14.3 Å². The minimum absolute atomic E-state index is 0.0744. The lowest BCUT2D eigenvalue weighted by molar-refractivity contribution is 0.187. The Kier molecular flexibility index (Phi) is 7.49. The summed E-state index contributed by atoms with van der Waals surface area (Å²) in [6, 6.07) is 3.86. The summed E-state index contributed by atoms with van der Waals surface area (Å²) in [6.07, 6.45) is 7.33. The van der Waals surface area contributed by atoms with E-state index in [0.717, 1.165) is 55.5 Å². The van der Waals surface area contributed by atoms with E-state index >= 15 is 4.39 Å². The van der Waals surface area contributed by atoms with Crippen LogP contribution in [0, 0.1) is 11.6 Å². The number of benzene rings is 2. The van der Waals surface area contributed by atoms with Crippen LogP contribution in [0.5, 0.6) is 11.8 Å². The van der Waals surface area contributed by atoms with Gasteiger partial charge >= 0.3 is 6.01 Å². The Balaban J connectivity index is 1.71. The third-order valence-corrected chi connectivity index (χ3v) is 7.69. The molecule has 1 unspecified atom stereocenters. The number of halogens is 2. The molecule has 0 bridgehead atoms. The highest BCUT2D eigenvalue weighted by Gasteiger charge is 2.25. The van der Waals surface area contributed by atoms with Gasteiger partial charge in [-0.15, -0.1) is 0 Å². The third-order valence-electron chi connectivity index (χ3n) is 7.69. The first-order valence-electron chi connectivity index (χ1n) is 14.9. The van der Waals surface area contributed by atoms with E-state index in [2.05, 4.69) is 22.0 Å². The van der Waals surface area contributed by atoms with E-state index in [1.807, 2.05) is 18.9 Å². The van der Waals surface area contributed by atoms with Crippen molar-refractivity contribution in [1.29, 1.82) is 0 Å². The van der Waals surface area contributed by atoms with E-state index in [-0.39, 0.29) is 39.7 Å². The molecule has 1 aliphatic rings. The van der Waals surface area contributed by atoms with E-state index in [1.165, 1.54) is 18.3 Å². The van der Waals surface area contributed by atoms with E-state index in [1.54, 1.807) is 0 Å². The molecule has 40 heavy (non-hydrogen) atoms. The molecule has 0 aliphatic carbocycles. The fourth-order valence-corrected chi connectivity index (χ4v) is 5.43. The Hall–Kier alpha value is -3.66. The summed E-state index contributed by atoms with van der Waals surface area (Å²) >= 11 is 0. The molecular weight excluding hydrogens is 516 g/mol. The van der Waals surface area contributed by atoms with Crippen molar-refractivity contribution in [3.05, 3.63) is 58.1 Å². The van der Waals surface area contributed by atoms with Gasteiger partial charge in [0, 0.05) is 28.8 Å². The summed E-state index contributed by atoms with van der Waals surface area (Å²) in [4.78, 5) is 24.9. The third kappa shape index (κ3) is 5.37. The molecular formula is C30H35F2N5O3. The monoisotopic (exact) mass is 553 g/mol. The highest BCUT2D eigenvalue weighted by atomic mass is 19.2. The Morgan fingerprint density at radius 1 is 1.23 bits per heavy atom. The number of phenols is 1. The molecule has 0 saturated carbocycles. The second-order valence-corrected chi connectivity index (χ2v) is 10.4. The first-order valence-corrected chi connectivity index (χ1v) is 13.9. The molecule has 212 valence electrons. The van der Waals surface area contributed by atoms with E-state index in [4.69, 9.17) is 7.48 Å². The van der Waals surface area contributed by atoms with Crippen LogP contribution in [-0.4, -0.2) is 55.9 Å². The van der Waals surface area contributed by atoms with Gasteiger partial charge in [0.1, 0.15) is 17.8 Å². The molecule has 2 aromatic carbocycles. The molecule has 8 nitrogen and oxygen atoms in total. The average molecular weight is 554 g/mol. The number of aromatic hydroxyl groups is 1. The average Bonchev–Trinajstić information content (AvgIpc) is 3.40. The van der Waals surface area contributed by atoms with Gasteiger partial charge in [-0.1, -0.05) is 39.2 Å². The van der Waals surface area contributed by atoms with Gasteiger partial charge < -0.3 is 14.7 Å². The largest absolute Gasteiger partial charge is 0.508 e. The predicted octanol–water partition coefficient (Wildman–Crippen LogP) is 5.86. The number of rotatable bonds is 10. The molecule has 1 aliphatic heterocycles. The molecule has 1 saturated heterocycles. The number of fused-ring (bicyclic) bond motifs is 2. The van der Waals surface area contributed by atoms with Crippen LogP contribution < -0.4 is 10.3 Å². The first kappa shape index (κ1) is 25.3. The SMILES string of the molecule is [2H]C([2H])(Oc1nc(C(CC)CCCCC)c2cnn(-c3cc(O)cc4ccc(F)c(F)c34)c(=O)c2n1)[C@@H]1CCCN1C. The van der Waals surface area contributed by atoms with Crippen molar-refractivity contribution < 1.29 is 21.4 Å². The summed E-state index contributed by atoms with van der Waals surface area (Å²) in [6.45, 7) is 2.73. The van der Waals surface area contributed by atoms with Gasteiger partial charge in [-0.2, -0.15) is 19.7 Å². The molecule has 3 heterocycles. The van der Waals surface area contributed by atoms with Gasteiger partial charge in [0.05, 0.1) is 20.3 Å².